The number of thiophene rings is 1. The summed E-state index contributed by atoms with van der Waals surface area (Å²) in [6, 6.07) is 5.69. The predicted molar refractivity (Wildman–Crippen MR) is 120 cm³/mol. The first-order chi connectivity index (χ1) is 14.5. The topological polar surface area (TPSA) is 88.7 Å². The van der Waals surface area contributed by atoms with Crippen LogP contribution in [0.4, 0.5) is 5.82 Å². The summed E-state index contributed by atoms with van der Waals surface area (Å²) in [4.78, 5) is 34.1. The Labute approximate surface area is 179 Å². The Morgan fingerprint density at radius 2 is 2.10 bits per heavy atom. The van der Waals surface area contributed by atoms with Gasteiger partial charge in [-0.15, -0.1) is 11.3 Å². The molecule has 1 fully saturated rings. The maximum atomic E-state index is 12.7. The molecular formula is C22H25N5O2S. The van der Waals surface area contributed by atoms with E-state index in [0.29, 0.717) is 29.6 Å². The van der Waals surface area contributed by atoms with Gasteiger partial charge in [0, 0.05) is 12.5 Å². The van der Waals surface area contributed by atoms with Gasteiger partial charge in [-0.05, 0) is 30.7 Å². The normalized spacial score (nSPS) is 17.6. The highest BCUT2D eigenvalue weighted by molar-refractivity contribution is 7.13. The van der Waals surface area contributed by atoms with Gasteiger partial charge in [-0.2, -0.15) is 14.8 Å². The third kappa shape index (κ3) is 4.48. The maximum Gasteiger partial charge on any atom is 0.281 e. The molecule has 2 amide bonds. The summed E-state index contributed by atoms with van der Waals surface area (Å²) in [6.45, 7) is 5.41. The van der Waals surface area contributed by atoms with Crippen molar-refractivity contribution in [1.29, 1.82) is 0 Å². The van der Waals surface area contributed by atoms with Crippen molar-refractivity contribution in [2.24, 2.45) is 15.9 Å². The number of anilines is 1. The van der Waals surface area contributed by atoms with Crippen molar-refractivity contribution in [2.45, 2.75) is 51.9 Å². The highest BCUT2D eigenvalue weighted by Gasteiger charge is 2.23. The third-order valence-corrected chi connectivity index (χ3v) is 6.50. The third-order valence-electron chi connectivity index (χ3n) is 5.61. The van der Waals surface area contributed by atoms with Crippen LogP contribution in [0.5, 0.6) is 0 Å². The molecule has 0 radical (unpaired) electrons. The van der Waals surface area contributed by atoms with Crippen LogP contribution in [0, 0.1) is 5.92 Å². The molecular weight excluding hydrogens is 398 g/mol. The van der Waals surface area contributed by atoms with E-state index in [0.717, 1.165) is 11.3 Å². The standard InChI is InChI=1S/C22H25N5O2S/c1-14-15(2)23-22(25-21(14)29)27-19(13-17(26-27)18-9-6-12-30-18)24-20(28)11-10-16-7-4-3-5-8-16/h6,9,12-13,16H,1,3-5,7-8,10-11H2,2H3,(H,24,28). The van der Waals surface area contributed by atoms with E-state index in [1.165, 1.54) is 36.8 Å². The number of nitrogens with one attached hydrogen (secondary N) is 1. The molecule has 1 saturated carbocycles. The van der Waals surface area contributed by atoms with Gasteiger partial charge in [0.2, 0.25) is 5.91 Å². The molecule has 0 spiro atoms. The lowest BCUT2D eigenvalue weighted by Crippen LogP contribution is -2.25. The molecule has 7 nitrogen and oxygen atoms in total. The van der Waals surface area contributed by atoms with Crippen molar-refractivity contribution in [2.75, 3.05) is 5.32 Å². The van der Waals surface area contributed by atoms with Crippen LogP contribution in [0.2, 0.25) is 0 Å². The fourth-order valence-electron chi connectivity index (χ4n) is 3.83. The van der Waals surface area contributed by atoms with Crippen molar-refractivity contribution in [3.05, 3.63) is 35.7 Å². The van der Waals surface area contributed by atoms with Crippen molar-refractivity contribution < 1.29 is 9.59 Å². The minimum atomic E-state index is -0.444. The monoisotopic (exact) mass is 423 g/mol. The molecule has 2 aromatic heterocycles. The Morgan fingerprint density at radius 1 is 1.30 bits per heavy atom. The highest BCUT2D eigenvalue weighted by Crippen LogP contribution is 2.29. The average molecular weight is 424 g/mol. The zero-order valence-electron chi connectivity index (χ0n) is 17.1. The second kappa shape index (κ2) is 8.87. The van der Waals surface area contributed by atoms with Crippen LogP contribution < -0.4 is 5.32 Å². The smallest absolute Gasteiger partial charge is 0.281 e. The predicted octanol–water partition coefficient (Wildman–Crippen LogP) is 4.67. The van der Waals surface area contributed by atoms with Crippen LogP contribution in [0.25, 0.3) is 10.6 Å². The molecule has 0 atom stereocenters. The van der Waals surface area contributed by atoms with E-state index < -0.39 is 5.91 Å². The Hall–Kier alpha value is -2.87. The van der Waals surface area contributed by atoms with Crippen LogP contribution >= 0.6 is 11.3 Å². The van der Waals surface area contributed by atoms with Crippen LogP contribution in [0.3, 0.4) is 0 Å². The van der Waals surface area contributed by atoms with E-state index in [1.54, 1.807) is 24.3 Å². The van der Waals surface area contributed by atoms with Crippen LogP contribution in [0.1, 0.15) is 51.9 Å². The van der Waals surface area contributed by atoms with Crippen LogP contribution in [-0.2, 0) is 9.59 Å². The van der Waals surface area contributed by atoms with E-state index in [2.05, 4.69) is 27.0 Å². The summed E-state index contributed by atoms with van der Waals surface area (Å²) in [5.41, 5.74) is 1.45. The maximum absolute atomic E-state index is 12.7. The molecule has 0 aromatic carbocycles. The summed E-state index contributed by atoms with van der Waals surface area (Å²) in [5, 5.41) is 9.48. The molecule has 3 heterocycles. The van der Waals surface area contributed by atoms with Crippen molar-refractivity contribution in [3.8, 4) is 10.6 Å². The summed E-state index contributed by atoms with van der Waals surface area (Å²) >= 11 is 1.55. The minimum absolute atomic E-state index is 0.0627. The van der Waals surface area contributed by atoms with Crippen molar-refractivity contribution in [3.63, 3.8) is 0 Å². The molecule has 1 N–H and O–H groups in total. The molecule has 8 heteroatoms. The lowest BCUT2D eigenvalue weighted by molar-refractivity contribution is -0.116. The van der Waals surface area contributed by atoms with Crippen LogP contribution in [0.15, 0.2) is 45.7 Å². The van der Waals surface area contributed by atoms with E-state index >= 15 is 0 Å². The second-order valence-electron chi connectivity index (χ2n) is 7.79. The van der Waals surface area contributed by atoms with Gasteiger partial charge < -0.3 is 5.32 Å². The number of aromatic nitrogens is 2. The molecule has 0 unspecified atom stereocenters. The van der Waals surface area contributed by atoms with Gasteiger partial charge in [-0.25, -0.2) is 4.99 Å². The molecule has 1 aliphatic heterocycles. The minimum Gasteiger partial charge on any atom is -0.310 e. The summed E-state index contributed by atoms with van der Waals surface area (Å²) in [5.74, 6) is 0.722. The zero-order valence-corrected chi connectivity index (χ0v) is 17.9. The highest BCUT2D eigenvalue weighted by atomic mass is 32.1. The molecule has 0 saturated heterocycles. The van der Waals surface area contributed by atoms with Crippen molar-refractivity contribution >= 4 is 40.6 Å². The first-order valence-electron chi connectivity index (χ1n) is 10.3. The number of carbonyl (C=O) groups excluding carboxylic acids is 2. The average Bonchev–Trinajstić information content (AvgIpc) is 3.41. The number of nitrogens with zero attached hydrogens (tertiary/aromatic N) is 4. The fourth-order valence-corrected chi connectivity index (χ4v) is 4.52. The summed E-state index contributed by atoms with van der Waals surface area (Å²) in [7, 11) is 0. The Balaban J connectivity index is 1.56. The van der Waals surface area contributed by atoms with E-state index in [4.69, 9.17) is 0 Å². The SMILES string of the molecule is C=C1C(=O)N=C(n2nc(-c3cccs3)cc2NC(=O)CCC2CCCCC2)N=C1C. The van der Waals surface area contributed by atoms with Gasteiger partial charge in [0.1, 0.15) is 11.5 Å². The number of hydrogen-bond acceptors (Lipinski definition) is 5. The largest absolute Gasteiger partial charge is 0.310 e. The quantitative estimate of drug-likeness (QED) is 0.709. The van der Waals surface area contributed by atoms with Gasteiger partial charge in [0.15, 0.2) is 0 Å². The fraction of sp³-hybridized carbons (Fsp3) is 0.409. The first-order valence-corrected chi connectivity index (χ1v) is 11.2. The molecule has 156 valence electrons. The number of rotatable bonds is 5. The molecule has 30 heavy (non-hydrogen) atoms. The lowest BCUT2D eigenvalue weighted by Gasteiger charge is -2.21. The molecule has 2 aliphatic rings. The summed E-state index contributed by atoms with van der Waals surface area (Å²) < 4.78 is 1.43. The Morgan fingerprint density at radius 3 is 2.80 bits per heavy atom. The zero-order chi connectivity index (χ0) is 21.1. The van der Waals surface area contributed by atoms with E-state index in [1.807, 2.05) is 17.5 Å². The van der Waals surface area contributed by atoms with E-state index in [-0.39, 0.29) is 17.4 Å². The Kier molecular flexibility index (Phi) is 6.03. The second-order valence-corrected chi connectivity index (χ2v) is 8.74. The Bertz CT molecular complexity index is 1030. The van der Waals surface area contributed by atoms with Gasteiger partial charge in [-0.1, -0.05) is 44.7 Å². The van der Waals surface area contributed by atoms with Crippen LogP contribution in [-0.4, -0.2) is 33.3 Å². The van der Waals surface area contributed by atoms with Gasteiger partial charge in [-0.3, -0.25) is 9.59 Å². The molecule has 2 aromatic rings. The number of aliphatic imine (C=N–C) groups is 2. The lowest BCUT2D eigenvalue weighted by atomic mass is 9.86. The number of carbonyl (C=O) groups is 2. The van der Waals surface area contributed by atoms with Crippen molar-refractivity contribution in [1.82, 2.24) is 9.78 Å². The van der Waals surface area contributed by atoms with Gasteiger partial charge >= 0.3 is 0 Å². The van der Waals surface area contributed by atoms with Gasteiger partial charge in [0.05, 0.1) is 16.2 Å². The molecule has 1 aliphatic carbocycles. The van der Waals surface area contributed by atoms with E-state index in [9.17, 15) is 9.59 Å². The summed E-state index contributed by atoms with van der Waals surface area (Å²) in [6.07, 6.45) is 7.62. The molecule has 0 bridgehead atoms. The number of hydrogen-bond donors (Lipinski definition) is 1. The number of amides is 2. The molecule has 4 rings (SSSR count). The van der Waals surface area contributed by atoms with Gasteiger partial charge in [0.25, 0.3) is 11.9 Å². The first kappa shape index (κ1) is 20.4.